The summed E-state index contributed by atoms with van der Waals surface area (Å²) >= 11 is 6.48. The Kier molecular flexibility index (Phi) is 3.94. The van der Waals surface area contributed by atoms with Gasteiger partial charge in [-0.15, -0.1) is 10.5 Å². The van der Waals surface area contributed by atoms with Gasteiger partial charge in [0.25, 0.3) is 0 Å². The van der Waals surface area contributed by atoms with Crippen LogP contribution in [0.3, 0.4) is 0 Å². The van der Waals surface area contributed by atoms with Crippen LogP contribution >= 0.6 is 22.1 Å². The zero-order chi connectivity index (χ0) is 18.7. The Morgan fingerprint density at radius 3 is 2.96 bits per heavy atom. The maximum absolute atomic E-state index is 11.8. The van der Waals surface area contributed by atoms with Crippen LogP contribution in [-0.2, 0) is 0 Å². The number of rotatable bonds is 1. The van der Waals surface area contributed by atoms with E-state index < -0.39 is 6.09 Å². The number of para-hydroxylation sites is 1. The van der Waals surface area contributed by atoms with Gasteiger partial charge in [0.2, 0.25) is 0 Å². The molecule has 0 bridgehead atoms. The molecule has 3 heterocycles. The van der Waals surface area contributed by atoms with Crippen molar-refractivity contribution in [1.29, 1.82) is 0 Å². The summed E-state index contributed by atoms with van der Waals surface area (Å²) in [5.74, 6) is 0. The number of allylic oxidation sites excluding steroid dienone is 2. The lowest BCUT2D eigenvalue weighted by atomic mass is 10.1. The third-order valence-electron chi connectivity index (χ3n) is 5.41. The lowest BCUT2D eigenvalue weighted by Gasteiger charge is -2.30. The van der Waals surface area contributed by atoms with E-state index in [9.17, 15) is 9.90 Å². The second-order valence-electron chi connectivity index (χ2n) is 6.83. The molecule has 1 aromatic rings. The van der Waals surface area contributed by atoms with Crippen molar-refractivity contribution in [3.8, 4) is 0 Å². The molecule has 6 nitrogen and oxygen atoms in total. The Balaban J connectivity index is 1.68. The van der Waals surface area contributed by atoms with Gasteiger partial charge in [-0.3, -0.25) is 0 Å². The van der Waals surface area contributed by atoms with E-state index in [-0.39, 0.29) is 16.6 Å². The molecule has 1 aliphatic carbocycles. The van der Waals surface area contributed by atoms with Crippen LogP contribution < -0.4 is 10.3 Å². The van der Waals surface area contributed by atoms with Gasteiger partial charge in [-0.25, -0.2) is 20.1 Å². The minimum absolute atomic E-state index is 0.0735. The number of anilines is 1. The molecule has 2 N–H and O–H groups in total. The minimum Gasteiger partial charge on any atom is -0.464 e. The molecule has 0 radical (unpaired) electrons. The van der Waals surface area contributed by atoms with E-state index in [1.165, 1.54) is 26.0 Å². The second-order valence-corrected chi connectivity index (χ2v) is 9.08. The van der Waals surface area contributed by atoms with E-state index in [1.807, 2.05) is 24.3 Å². The van der Waals surface area contributed by atoms with Crippen LogP contribution in [0, 0.1) is 0 Å². The SMILES string of the molecule is CS1=C2C(=CN(c3ccccc3Cl)CC3N2CNN3C(=O)O)C2=C1C=CC2. The molecule has 27 heavy (non-hydrogen) atoms. The Morgan fingerprint density at radius 1 is 1.37 bits per heavy atom. The van der Waals surface area contributed by atoms with Crippen molar-refractivity contribution in [3.05, 3.63) is 63.7 Å². The van der Waals surface area contributed by atoms with Crippen molar-refractivity contribution in [2.24, 2.45) is 0 Å². The summed E-state index contributed by atoms with van der Waals surface area (Å²) in [7, 11) is -0.0735. The van der Waals surface area contributed by atoms with E-state index in [2.05, 4.69) is 39.8 Å². The average molecular weight is 403 g/mol. The first-order valence-corrected chi connectivity index (χ1v) is 10.8. The van der Waals surface area contributed by atoms with Crippen LogP contribution in [0.1, 0.15) is 6.42 Å². The number of amides is 1. The van der Waals surface area contributed by atoms with Gasteiger partial charge >= 0.3 is 6.09 Å². The highest BCUT2D eigenvalue weighted by Gasteiger charge is 2.44. The maximum Gasteiger partial charge on any atom is 0.423 e. The highest BCUT2D eigenvalue weighted by atomic mass is 35.5. The Bertz CT molecular complexity index is 984. The standard InChI is InChI=1S/C19H19ClN4O2S/c1-27-16-8-4-5-12(16)13-9-22(15-7-3-2-6-14(15)20)10-17-23(18(13)27)11-21-24(17)19(25)26/h2-4,6-9,17,21H,5,10-11H2,1H3,(H,25,26). The molecule has 3 aliphatic heterocycles. The molecule has 2 atom stereocenters. The normalized spacial score (nSPS) is 26.9. The van der Waals surface area contributed by atoms with E-state index in [1.54, 1.807) is 0 Å². The summed E-state index contributed by atoms with van der Waals surface area (Å²) in [6, 6.07) is 7.70. The van der Waals surface area contributed by atoms with Gasteiger partial charge < -0.3 is 10.0 Å². The molecule has 1 aromatic carbocycles. The van der Waals surface area contributed by atoms with Crippen LogP contribution in [0.2, 0.25) is 5.02 Å². The maximum atomic E-state index is 11.8. The van der Waals surface area contributed by atoms with Crippen molar-refractivity contribution in [2.75, 3.05) is 24.4 Å². The van der Waals surface area contributed by atoms with Gasteiger partial charge in [0.05, 0.1) is 28.9 Å². The predicted octanol–water partition coefficient (Wildman–Crippen LogP) is 3.38. The van der Waals surface area contributed by atoms with E-state index in [0.717, 1.165) is 12.1 Å². The Morgan fingerprint density at radius 2 is 2.19 bits per heavy atom. The summed E-state index contributed by atoms with van der Waals surface area (Å²) in [4.78, 5) is 18.7. The van der Waals surface area contributed by atoms with Crippen LogP contribution in [0.5, 0.6) is 0 Å². The van der Waals surface area contributed by atoms with Crippen molar-refractivity contribution >= 4 is 38.9 Å². The first-order chi connectivity index (χ1) is 13.1. The summed E-state index contributed by atoms with van der Waals surface area (Å²) in [6.07, 6.45) is 8.45. The topological polar surface area (TPSA) is 59.0 Å². The number of hydrogen-bond acceptors (Lipinski definition) is 4. The zero-order valence-electron chi connectivity index (χ0n) is 14.7. The fourth-order valence-electron chi connectivity index (χ4n) is 4.20. The van der Waals surface area contributed by atoms with Crippen LogP contribution in [0.15, 0.2) is 58.7 Å². The van der Waals surface area contributed by atoms with Crippen LogP contribution in [0.25, 0.3) is 0 Å². The molecule has 5 rings (SSSR count). The van der Waals surface area contributed by atoms with Crippen molar-refractivity contribution in [1.82, 2.24) is 15.3 Å². The number of fused-ring (bicyclic) bond motifs is 4. The van der Waals surface area contributed by atoms with Gasteiger partial charge in [-0.2, -0.15) is 0 Å². The molecule has 140 valence electrons. The molecule has 1 fully saturated rings. The van der Waals surface area contributed by atoms with E-state index in [4.69, 9.17) is 11.6 Å². The largest absolute Gasteiger partial charge is 0.464 e. The van der Waals surface area contributed by atoms with Gasteiger partial charge in [0.1, 0.15) is 6.17 Å². The number of nitrogens with zero attached hydrogens (tertiary/aromatic N) is 3. The summed E-state index contributed by atoms with van der Waals surface area (Å²) in [6.45, 7) is 0.991. The summed E-state index contributed by atoms with van der Waals surface area (Å²) in [5.41, 5.74) is 6.48. The Labute approximate surface area is 164 Å². The average Bonchev–Trinajstić information content (AvgIpc) is 3.30. The molecule has 2 unspecified atom stereocenters. The molecular weight excluding hydrogens is 384 g/mol. The minimum atomic E-state index is -0.972. The first kappa shape index (κ1) is 17.1. The first-order valence-electron chi connectivity index (χ1n) is 8.75. The lowest BCUT2D eigenvalue weighted by Crippen LogP contribution is -2.50. The number of hydrazine groups is 1. The third-order valence-corrected chi connectivity index (χ3v) is 7.80. The van der Waals surface area contributed by atoms with Gasteiger partial charge in [0.15, 0.2) is 0 Å². The van der Waals surface area contributed by atoms with Gasteiger partial charge in [-0.05, 0) is 30.4 Å². The molecule has 0 aromatic heterocycles. The predicted molar refractivity (Wildman–Crippen MR) is 110 cm³/mol. The van der Waals surface area contributed by atoms with Gasteiger partial charge in [-0.1, -0.05) is 35.9 Å². The van der Waals surface area contributed by atoms with Crippen LogP contribution in [-0.4, -0.2) is 51.7 Å². The second kappa shape index (κ2) is 6.24. The van der Waals surface area contributed by atoms with Gasteiger partial charge in [0, 0.05) is 16.7 Å². The highest BCUT2D eigenvalue weighted by molar-refractivity contribution is 8.19. The monoisotopic (exact) mass is 402 g/mol. The molecule has 8 heteroatoms. The molecule has 1 saturated heterocycles. The molecule has 4 aliphatic rings. The number of carboxylic acid groups (broad SMARTS) is 1. The van der Waals surface area contributed by atoms with E-state index >= 15 is 0 Å². The smallest absolute Gasteiger partial charge is 0.423 e. The number of halogens is 1. The summed E-state index contributed by atoms with van der Waals surface area (Å²) < 4.78 is 0. The third kappa shape index (κ3) is 2.50. The Hall–Kier alpha value is -2.06. The van der Waals surface area contributed by atoms with Crippen molar-refractivity contribution in [3.63, 3.8) is 0 Å². The molecule has 0 saturated carbocycles. The number of carbonyl (C=O) groups is 1. The number of nitrogens with one attached hydrogen (secondary N) is 1. The van der Waals surface area contributed by atoms with Crippen molar-refractivity contribution in [2.45, 2.75) is 12.6 Å². The summed E-state index contributed by atoms with van der Waals surface area (Å²) in [5, 5.41) is 11.6. The molecule has 1 amide bonds. The fraction of sp³-hybridized carbons (Fsp3) is 0.263. The quantitative estimate of drug-likeness (QED) is 0.705. The van der Waals surface area contributed by atoms with Crippen molar-refractivity contribution < 1.29 is 9.90 Å². The van der Waals surface area contributed by atoms with Crippen LogP contribution in [0.4, 0.5) is 10.5 Å². The molecule has 0 spiro atoms. The zero-order valence-corrected chi connectivity index (χ0v) is 16.3. The number of benzene rings is 1. The highest BCUT2D eigenvalue weighted by Crippen LogP contribution is 2.48. The van der Waals surface area contributed by atoms with E-state index in [0.29, 0.717) is 18.2 Å². The lowest BCUT2D eigenvalue weighted by molar-refractivity contribution is 0.109. The number of hydrogen-bond donors (Lipinski definition) is 2. The fourth-order valence-corrected chi connectivity index (χ4v) is 6.56. The molecular formula is C19H19ClN4O2S.